The maximum atomic E-state index is 11.7. The summed E-state index contributed by atoms with van der Waals surface area (Å²) in [7, 11) is 0. The van der Waals surface area contributed by atoms with E-state index in [-0.39, 0.29) is 16.7 Å². The molecule has 3 rings (SSSR count). The van der Waals surface area contributed by atoms with Gasteiger partial charge >= 0.3 is 5.69 Å². The van der Waals surface area contributed by atoms with Crippen LogP contribution in [0.5, 0.6) is 0 Å². The molecule has 144 valence electrons. The summed E-state index contributed by atoms with van der Waals surface area (Å²) in [5, 5.41) is 14.8. The number of piperazine rings is 1. The molecule has 2 aromatic rings. The van der Waals surface area contributed by atoms with Gasteiger partial charge in [-0.1, -0.05) is 37.3 Å². The van der Waals surface area contributed by atoms with Crippen LogP contribution in [-0.2, 0) is 6.54 Å². The van der Waals surface area contributed by atoms with Gasteiger partial charge in [-0.25, -0.2) is 9.97 Å². The molecule has 0 amide bonds. The highest BCUT2D eigenvalue weighted by atomic mass is 16.6. The molecule has 1 aromatic carbocycles. The number of nitro groups is 1. The van der Waals surface area contributed by atoms with Gasteiger partial charge in [-0.05, 0) is 18.9 Å². The Labute approximate surface area is 159 Å². The molecule has 1 N–H and O–H groups in total. The number of nitrogens with one attached hydrogen (secondary N) is 1. The van der Waals surface area contributed by atoms with Crippen molar-refractivity contribution in [3.63, 3.8) is 0 Å². The Kier molecular flexibility index (Phi) is 6.18. The summed E-state index contributed by atoms with van der Waals surface area (Å²) >= 11 is 0. The van der Waals surface area contributed by atoms with Gasteiger partial charge in [0.1, 0.15) is 6.33 Å². The van der Waals surface area contributed by atoms with E-state index in [0.29, 0.717) is 24.7 Å². The Morgan fingerprint density at radius 1 is 1.19 bits per heavy atom. The molecule has 1 aliphatic rings. The van der Waals surface area contributed by atoms with Gasteiger partial charge in [0.05, 0.1) is 4.92 Å². The minimum Gasteiger partial charge on any atom is -0.362 e. The fourth-order valence-electron chi connectivity index (χ4n) is 3.17. The topological polar surface area (TPSA) is 87.4 Å². The normalized spacial score (nSPS) is 16.1. The molecule has 0 saturated carbocycles. The fraction of sp³-hybridized carbons (Fsp3) is 0.474. The van der Waals surface area contributed by atoms with Crippen molar-refractivity contribution < 1.29 is 4.92 Å². The van der Waals surface area contributed by atoms with Gasteiger partial charge in [-0.3, -0.25) is 15.0 Å². The Morgan fingerprint density at radius 3 is 2.52 bits per heavy atom. The van der Waals surface area contributed by atoms with E-state index in [4.69, 9.17) is 0 Å². The Morgan fingerprint density at radius 2 is 1.89 bits per heavy atom. The SMILES string of the molecule is CCC(C)Nc1ncnc(N2CCN(Cc3ccccc3)CC2)c1[N+](=O)[O-]. The number of nitrogens with zero attached hydrogens (tertiary/aromatic N) is 5. The first-order valence-electron chi connectivity index (χ1n) is 9.35. The summed E-state index contributed by atoms with van der Waals surface area (Å²) in [5.74, 6) is 0.700. The van der Waals surface area contributed by atoms with Crippen LogP contribution in [0, 0.1) is 10.1 Å². The van der Waals surface area contributed by atoms with Gasteiger partial charge in [0, 0.05) is 38.8 Å². The third kappa shape index (κ3) is 4.71. The van der Waals surface area contributed by atoms with E-state index in [1.165, 1.54) is 11.9 Å². The standard InChI is InChI=1S/C19H26N6O2/c1-3-15(2)22-18-17(25(26)27)19(21-14-20-18)24-11-9-23(10-12-24)13-16-7-5-4-6-8-16/h4-8,14-15H,3,9-13H2,1-2H3,(H,20,21,22). The summed E-state index contributed by atoms with van der Waals surface area (Å²) in [6, 6.07) is 10.4. The molecule has 0 spiro atoms. The number of rotatable bonds is 7. The van der Waals surface area contributed by atoms with E-state index < -0.39 is 0 Å². The highest BCUT2D eigenvalue weighted by molar-refractivity contribution is 5.70. The molecule has 1 saturated heterocycles. The van der Waals surface area contributed by atoms with E-state index in [1.54, 1.807) is 0 Å². The number of benzene rings is 1. The summed E-state index contributed by atoms with van der Waals surface area (Å²) in [5.41, 5.74) is 1.24. The lowest BCUT2D eigenvalue weighted by Gasteiger charge is -2.35. The molecule has 0 radical (unpaired) electrons. The van der Waals surface area contributed by atoms with Crippen LogP contribution in [0.25, 0.3) is 0 Å². The van der Waals surface area contributed by atoms with Crippen molar-refractivity contribution >= 4 is 17.3 Å². The first-order chi connectivity index (χ1) is 13.1. The molecule has 0 aliphatic carbocycles. The van der Waals surface area contributed by atoms with Crippen LogP contribution in [0.2, 0.25) is 0 Å². The quantitative estimate of drug-likeness (QED) is 0.592. The molecule has 8 nitrogen and oxygen atoms in total. The van der Waals surface area contributed by atoms with Gasteiger partial charge in [-0.15, -0.1) is 0 Å². The summed E-state index contributed by atoms with van der Waals surface area (Å²) < 4.78 is 0. The number of hydrogen-bond acceptors (Lipinski definition) is 7. The van der Waals surface area contributed by atoms with Crippen molar-refractivity contribution in [2.75, 3.05) is 36.4 Å². The largest absolute Gasteiger partial charge is 0.362 e. The molecular weight excluding hydrogens is 344 g/mol. The lowest BCUT2D eigenvalue weighted by atomic mass is 10.2. The van der Waals surface area contributed by atoms with Crippen LogP contribution in [0.1, 0.15) is 25.8 Å². The van der Waals surface area contributed by atoms with Crippen LogP contribution < -0.4 is 10.2 Å². The summed E-state index contributed by atoms with van der Waals surface area (Å²) in [6.45, 7) is 7.97. The van der Waals surface area contributed by atoms with Crippen molar-refractivity contribution in [3.8, 4) is 0 Å². The van der Waals surface area contributed by atoms with E-state index >= 15 is 0 Å². The van der Waals surface area contributed by atoms with Crippen molar-refractivity contribution in [1.29, 1.82) is 0 Å². The zero-order valence-corrected chi connectivity index (χ0v) is 15.8. The van der Waals surface area contributed by atoms with Crippen LogP contribution in [0.3, 0.4) is 0 Å². The molecule has 2 heterocycles. The molecule has 27 heavy (non-hydrogen) atoms. The van der Waals surface area contributed by atoms with Gasteiger partial charge < -0.3 is 10.2 Å². The Hall–Kier alpha value is -2.74. The molecule has 8 heteroatoms. The molecule has 0 bridgehead atoms. The first-order valence-corrected chi connectivity index (χ1v) is 9.35. The second-order valence-electron chi connectivity index (χ2n) is 6.85. The van der Waals surface area contributed by atoms with Gasteiger partial charge in [0.2, 0.25) is 11.6 Å². The smallest absolute Gasteiger partial charge is 0.353 e. The van der Waals surface area contributed by atoms with Crippen molar-refractivity contribution in [2.45, 2.75) is 32.9 Å². The zero-order valence-electron chi connectivity index (χ0n) is 15.8. The third-order valence-corrected chi connectivity index (χ3v) is 4.90. The minimum atomic E-state index is -0.379. The molecule has 1 unspecified atom stereocenters. The molecule has 1 aliphatic heterocycles. The highest BCUT2D eigenvalue weighted by Gasteiger charge is 2.29. The predicted molar refractivity (Wildman–Crippen MR) is 106 cm³/mol. The lowest BCUT2D eigenvalue weighted by molar-refractivity contribution is -0.383. The fourth-order valence-corrected chi connectivity index (χ4v) is 3.17. The van der Waals surface area contributed by atoms with Crippen LogP contribution in [0.4, 0.5) is 17.3 Å². The highest BCUT2D eigenvalue weighted by Crippen LogP contribution is 2.32. The Balaban J connectivity index is 1.71. The lowest BCUT2D eigenvalue weighted by Crippen LogP contribution is -2.46. The average molecular weight is 370 g/mol. The number of anilines is 2. The summed E-state index contributed by atoms with van der Waals surface area (Å²) in [6.07, 6.45) is 2.26. The minimum absolute atomic E-state index is 0.0330. The van der Waals surface area contributed by atoms with Crippen molar-refractivity contribution in [2.24, 2.45) is 0 Å². The van der Waals surface area contributed by atoms with E-state index in [2.05, 4.69) is 32.3 Å². The predicted octanol–water partition coefficient (Wildman–Crippen LogP) is 2.92. The second kappa shape index (κ2) is 8.77. The van der Waals surface area contributed by atoms with E-state index in [9.17, 15) is 10.1 Å². The van der Waals surface area contributed by atoms with Crippen molar-refractivity contribution in [1.82, 2.24) is 14.9 Å². The molecule has 1 aromatic heterocycles. The maximum Gasteiger partial charge on any atom is 0.353 e. The van der Waals surface area contributed by atoms with Gasteiger partial charge in [0.25, 0.3) is 0 Å². The van der Waals surface area contributed by atoms with Crippen LogP contribution in [-0.4, -0.2) is 52.0 Å². The molecule has 1 fully saturated rings. The number of aromatic nitrogens is 2. The van der Waals surface area contributed by atoms with Crippen LogP contribution in [0.15, 0.2) is 36.7 Å². The van der Waals surface area contributed by atoms with Gasteiger partial charge in [-0.2, -0.15) is 0 Å². The van der Waals surface area contributed by atoms with E-state index in [0.717, 1.165) is 26.1 Å². The van der Waals surface area contributed by atoms with Crippen molar-refractivity contribution in [3.05, 3.63) is 52.3 Å². The Bertz CT molecular complexity index is 762. The zero-order chi connectivity index (χ0) is 19.2. The summed E-state index contributed by atoms with van der Waals surface area (Å²) in [4.78, 5) is 24.0. The average Bonchev–Trinajstić information content (AvgIpc) is 2.69. The first kappa shape index (κ1) is 19.0. The van der Waals surface area contributed by atoms with E-state index in [1.807, 2.05) is 36.9 Å². The molecule has 1 atom stereocenters. The number of hydrogen-bond donors (Lipinski definition) is 1. The van der Waals surface area contributed by atoms with Gasteiger partial charge in [0.15, 0.2) is 0 Å². The van der Waals surface area contributed by atoms with Crippen LogP contribution >= 0.6 is 0 Å². The molecular formula is C19H26N6O2. The maximum absolute atomic E-state index is 11.7. The monoisotopic (exact) mass is 370 g/mol. The second-order valence-corrected chi connectivity index (χ2v) is 6.85. The third-order valence-electron chi connectivity index (χ3n) is 4.90.